The predicted molar refractivity (Wildman–Crippen MR) is 120 cm³/mol. The van der Waals surface area contributed by atoms with Crippen LogP contribution in [-0.4, -0.2) is 36.4 Å². The lowest BCUT2D eigenvalue weighted by atomic mass is 10.0. The van der Waals surface area contributed by atoms with Crippen molar-refractivity contribution in [2.75, 3.05) is 20.2 Å². The van der Waals surface area contributed by atoms with Gasteiger partial charge in [-0.1, -0.05) is 54.6 Å². The molecule has 1 aliphatic rings. The topological polar surface area (TPSA) is 24.5 Å². The number of methoxy groups -OCH3 is 1. The van der Waals surface area contributed by atoms with Gasteiger partial charge in [-0.15, -0.1) is 0 Å². The van der Waals surface area contributed by atoms with Crippen LogP contribution in [0.1, 0.15) is 17.5 Å². The maximum atomic E-state index is 5.31. The molecular weight excluding hydrogens is 364 g/mol. The number of fused-ring (bicyclic) bond motifs is 1. The summed E-state index contributed by atoms with van der Waals surface area (Å²) in [5, 5.41) is 6.69. The molecule has 3 aromatic carbocycles. The van der Waals surface area contributed by atoms with E-state index in [2.05, 4.69) is 64.8 Å². The van der Waals surface area contributed by atoms with Crippen molar-refractivity contribution >= 4 is 23.4 Å². The predicted octanol–water partition coefficient (Wildman–Crippen LogP) is 4.51. The molecule has 3 aromatic rings. The van der Waals surface area contributed by atoms with E-state index in [0.717, 1.165) is 38.3 Å². The highest BCUT2D eigenvalue weighted by atomic mass is 32.1. The fourth-order valence-electron chi connectivity index (χ4n) is 4.06. The molecule has 0 saturated carbocycles. The minimum absolute atomic E-state index is 0.422. The first kappa shape index (κ1) is 19.3. The van der Waals surface area contributed by atoms with E-state index in [1.54, 1.807) is 7.11 Å². The van der Waals surface area contributed by atoms with Gasteiger partial charge in [0.25, 0.3) is 0 Å². The molecule has 0 bridgehead atoms. The molecule has 1 fully saturated rings. The lowest BCUT2D eigenvalue weighted by Crippen LogP contribution is -2.40. The molecular formula is C24H28N2OS. The third-order valence-electron chi connectivity index (χ3n) is 5.61. The second-order valence-electron chi connectivity index (χ2n) is 7.57. The molecule has 0 amide bonds. The molecule has 1 aliphatic heterocycles. The number of hydrogen-bond donors (Lipinski definition) is 2. The van der Waals surface area contributed by atoms with Gasteiger partial charge in [0.15, 0.2) is 0 Å². The number of hydrogen-bond acceptors (Lipinski definition) is 4. The van der Waals surface area contributed by atoms with E-state index in [9.17, 15) is 0 Å². The number of benzene rings is 3. The first-order valence-electron chi connectivity index (χ1n) is 9.96. The molecule has 1 heterocycles. The first-order valence-corrected chi connectivity index (χ1v) is 10.5. The molecule has 0 aromatic heterocycles. The fourth-order valence-corrected chi connectivity index (χ4v) is 4.39. The molecule has 146 valence electrons. The Morgan fingerprint density at radius 2 is 1.79 bits per heavy atom. The van der Waals surface area contributed by atoms with Crippen molar-refractivity contribution in [3.63, 3.8) is 0 Å². The molecule has 4 heteroatoms. The molecule has 0 spiro atoms. The van der Waals surface area contributed by atoms with E-state index < -0.39 is 0 Å². The highest BCUT2D eigenvalue weighted by molar-refractivity contribution is 7.81. The minimum Gasteiger partial charge on any atom is -0.497 e. The zero-order valence-electron chi connectivity index (χ0n) is 16.3. The first-order chi connectivity index (χ1) is 13.7. The summed E-state index contributed by atoms with van der Waals surface area (Å²) < 4.78 is 5.31. The van der Waals surface area contributed by atoms with Crippen LogP contribution in [0.4, 0.5) is 0 Å². The van der Waals surface area contributed by atoms with Crippen LogP contribution >= 0.6 is 12.6 Å². The quantitative estimate of drug-likeness (QED) is 0.579. The van der Waals surface area contributed by atoms with Crippen LogP contribution in [0.5, 0.6) is 5.75 Å². The zero-order chi connectivity index (χ0) is 19.3. The van der Waals surface area contributed by atoms with Crippen LogP contribution in [0.25, 0.3) is 10.8 Å². The Kier molecular flexibility index (Phi) is 6.20. The van der Waals surface area contributed by atoms with Crippen LogP contribution in [0.3, 0.4) is 0 Å². The number of ether oxygens (including phenoxy) is 1. The van der Waals surface area contributed by atoms with Crippen LogP contribution in [0.2, 0.25) is 0 Å². The van der Waals surface area contributed by atoms with Gasteiger partial charge in [0, 0.05) is 30.9 Å². The lowest BCUT2D eigenvalue weighted by Gasteiger charge is -2.28. The monoisotopic (exact) mass is 392 g/mol. The van der Waals surface area contributed by atoms with Gasteiger partial charge in [0.2, 0.25) is 0 Å². The van der Waals surface area contributed by atoms with Gasteiger partial charge < -0.3 is 10.1 Å². The van der Waals surface area contributed by atoms with Crippen molar-refractivity contribution in [1.82, 2.24) is 10.2 Å². The van der Waals surface area contributed by atoms with E-state index >= 15 is 0 Å². The van der Waals surface area contributed by atoms with Gasteiger partial charge in [-0.25, -0.2) is 0 Å². The van der Waals surface area contributed by atoms with Crippen molar-refractivity contribution in [1.29, 1.82) is 0 Å². The molecule has 0 unspecified atom stereocenters. The summed E-state index contributed by atoms with van der Waals surface area (Å²) in [6, 6.07) is 24.1. The Hall–Kier alpha value is -2.01. The van der Waals surface area contributed by atoms with E-state index in [0.29, 0.717) is 11.3 Å². The summed E-state index contributed by atoms with van der Waals surface area (Å²) in [5.74, 6) is 0.900. The maximum absolute atomic E-state index is 5.31. The van der Waals surface area contributed by atoms with Crippen LogP contribution < -0.4 is 10.1 Å². The van der Waals surface area contributed by atoms with E-state index in [4.69, 9.17) is 17.4 Å². The molecule has 0 radical (unpaired) electrons. The van der Waals surface area contributed by atoms with E-state index in [1.165, 1.54) is 21.9 Å². The van der Waals surface area contributed by atoms with Crippen molar-refractivity contribution in [2.45, 2.75) is 30.8 Å². The summed E-state index contributed by atoms with van der Waals surface area (Å²) in [6.07, 6.45) is 1.14. The Labute approximate surface area is 173 Å². The zero-order valence-corrected chi connectivity index (χ0v) is 17.2. The van der Waals surface area contributed by atoms with Crippen LogP contribution in [-0.2, 0) is 13.1 Å². The normalized spacial score (nSPS) is 19.4. The molecule has 0 aliphatic carbocycles. The van der Waals surface area contributed by atoms with Gasteiger partial charge in [-0.05, 0) is 47.0 Å². The Bertz CT molecular complexity index is 907. The average Bonchev–Trinajstić information content (AvgIpc) is 3.13. The Balaban J connectivity index is 1.57. The molecule has 2 atom stereocenters. The van der Waals surface area contributed by atoms with Crippen molar-refractivity contribution in [3.8, 4) is 5.75 Å². The average molecular weight is 393 g/mol. The second-order valence-corrected chi connectivity index (χ2v) is 8.24. The van der Waals surface area contributed by atoms with Crippen molar-refractivity contribution < 1.29 is 4.74 Å². The SMILES string of the molecule is COc1ccc(CN(Cc2cccc3ccccc23)C[C@@H]2NCC[C@@H]2S)cc1. The number of rotatable bonds is 7. The van der Waals surface area contributed by atoms with Gasteiger partial charge in [-0.3, -0.25) is 4.90 Å². The summed E-state index contributed by atoms with van der Waals surface area (Å²) in [6.45, 7) is 3.88. The molecule has 3 nitrogen and oxygen atoms in total. The van der Waals surface area contributed by atoms with E-state index in [1.807, 2.05) is 12.1 Å². The fraction of sp³-hybridized carbons (Fsp3) is 0.333. The Morgan fingerprint density at radius 1 is 1.00 bits per heavy atom. The van der Waals surface area contributed by atoms with E-state index in [-0.39, 0.29) is 0 Å². The Morgan fingerprint density at radius 3 is 2.54 bits per heavy atom. The van der Waals surface area contributed by atoms with Crippen LogP contribution in [0, 0.1) is 0 Å². The third kappa shape index (κ3) is 4.52. The summed E-state index contributed by atoms with van der Waals surface area (Å²) in [5.41, 5.74) is 2.68. The highest BCUT2D eigenvalue weighted by Crippen LogP contribution is 2.23. The number of nitrogens with zero attached hydrogens (tertiary/aromatic N) is 1. The third-order valence-corrected chi connectivity index (χ3v) is 6.22. The standard InChI is InChI=1S/C24H28N2OS/c1-27-21-11-9-18(10-12-21)15-26(17-23-24(28)13-14-25-23)16-20-7-4-6-19-5-2-3-8-22(19)20/h2-12,23-25,28H,13-17H2,1H3/t23-,24-/m0/s1. The number of thiol groups is 1. The smallest absolute Gasteiger partial charge is 0.118 e. The number of nitrogens with one attached hydrogen (secondary N) is 1. The lowest BCUT2D eigenvalue weighted by molar-refractivity contribution is 0.235. The minimum atomic E-state index is 0.422. The van der Waals surface area contributed by atoms with Gasteiger partial charge >= 0.3 is 0 Å². The molecule has 1 saturated heterocycles. The van der Waals surface area contributed by atoms with Gasteiger partial charge in [-0.2, -0.15) is 12.6 Å². The summed E-state index contributed by atoms with van der Waals surface area (Å²) in [4.78, 5) is 2.54. The van der Waals surface area contributed by atoms with Crippen molar-refractivity contribution in [2.24, 2.45) is 0 Å². The summed E-state index contributed by atoms with van der Waals surface area (Å²) in [7, 11) is 1.71. The largest absolute Gasteiger partial charge is 0.497 e. The van der Waals surface area contributed by atoms with Crippen molar-refractivity contribution in [3.05, 3.63) is 77.9 Å². The highest BCUT2D eigenvalue weighted by Gasteiger charge is 2.26. The van der Waals surface area contributed by atoms with Gasteiger partial charge in [0.1, 0.15) is 5.75 Å². The second kappa shape index (κ2) is 8.99. The molecule has 28 heavy (non-hydrogen) atoms. The summed E-state index contributed by atoms with van der Waals surface area (Å²) >= 11 is 4.79. The van der Waals surface area contributed by atoms with Gasteiger partial charge in [0.05, 0.1) is 7.11 Å². The molecule has 4 rings (SSSR count). The van der Waals surface area contributed by atoms with Crippen LogP contribution in [0.15, 0.2) is 66.7 Å². The molecule has 1 N–H and O–H groups in total. The maximum Gasteiger partial charge on any atom is 0.118 e.